The Balaban J connectivity index is 1.64. The second-order valence-electron chi connectivity index (χ2n) is 6.15. The molecule has 1 amide bonds. The van der Waals surface area contributed by atoms with Crippen molar-refractivity contribution >= 4 is 45.0 Å². The molecule has 1 aliphatic rings. The maximum absolute atomic E-state index is 12.7. The van der Waals surface area contributed by atoms with Gasteiger partial charge in [-0.15, -0.1) is 11.8 Å². The number of carbonyl (C=O) groups is 1. The Morgan fingerprint density at radius 1 is 1.24 bits per heavy atom. The van der Waals surface area contributed by atoms with E-state index in [1.54, 1.807) is 0 Å². The van der Waals surface area contributed by atoms with Gasteiger partial charge in [-0.3, -0.25) is 4.79 Å². The summed E-state index contributed by atoms with van der Waals surface area (Å²) in [5.41, 5.74) is 0.701. The Morgan fingerprint density at radius 2 is 1.97 bits per heavy atom. The molecule has 0 spiro atoms. The molecular weight excluding hydrogens is 436 g/mol. The van der Waals surface area contributed by atoms with E-state index in [4.69, 9.17) is 21.1 Å². The third kappa shape index (κ3) is 5.43. The lowest BCUT2D eigenvalue weighted by Crippen LogP contribution is -2.40. The third-order valence-electron chi connectivity index (χ3n) is 4.25. The van der Waals surface area contributed by atoms with Crippen molar-refractivity contribution in [3.63, 3.8) is 0 Å². The lowest BCUT2D eigenvalue weighted by atomic mass is 10.3. The number of rotatable bonds is 7. The number of ether oxygens (including phenoxy) is 2. The fraction of sp³-hybridized carbons (Fsp3) is 0.316. The van der Waals surface area contributed by atoms with E-state index in [1.165, 1.54) is 34.3 Å². The molecule has 7 nitrogen and oxygen atoms in total. The van der Waals surface area contributed by atoms with Crippen LogP contribution >= 0.6 is 23.4 Å². The van der Waals surface area contributed by atoms with E-state index < -0.39 is 10.0 Å². The summed E-state index contributed by atoms with van der Waals surface area (Å²) in [6.45, 7) is 1.08. The minimum Gasteiger partial charge on any atom is -0.482 e. The van der Waals surface area contributed by atoms with Crippen molar-refractivity contribution in [1.82, 2.24) is 4.31 Å². The predicted octanol–water partition coefficient (Wildman–Crippen LogP) is 3.10. The van der Waals surface area contributed by atoms with Crippen molar-refractivity contribution in [2.45, 2.75) is 9.79 Å². The van der Waals surface area contributed by atoms with Crippen molar-refractivity contribution in [1.29, 1.82) is 0 Å². The molecule has 10 heteroatoms. The molecule has 29 heavy (non-hydrogen) atoms. The van der Waals surface area contributed by atoms with E-state index in [-0.39, 0.29) is 28.2 Å². The van der Waals surface area contributed by atoms with Gasteiger partial charge in [0, 0.05) is 18.0 Å². The van der Waals surface area contributed by atoms with Gasteiger partial charge in [-0.1, -0.05) is 23.7 Å². The summed E-state index contributed by atoms with van der Waals surface area (Å²) in [6, 6.07) is 11.7. The molecule has 156 valence electrons. The Kier molecular flexibility index (Phi) is 7.42. The summed E-state index contributed by atoms with van der Waals surface area (Å²) in [5, 5.41) is 2.91. The number of nitrogens with one attached hydrogen (secondary N) is 1. The molecule has 2 aromatic carbocycles. The van der Waals surface area contributed by atoms with Crippen molar-refractivity contribution in [3.8, 4) is 5.75 Å². The van der Waals surface area contributed by atoms with Crippen molar-refractivity contribution < 1.29 is 22.7 Å². The molecule has 1 saturated heterocycles. The average molecular weight is 457 g/mol. The van der Waals surface area contributed by atoms with Gasteiger partial charge in [0.2, 0.25) is 10.0 Å². The molecule has 0 bridgehead atoms. The molecule has 0 unspecified atom stereocenters. The van der Waals surface area contributed by atoms with E-state index in [2.05, 4.69) is 5.32 Å². The van der Waals surface area contributed by atoms with Gasteiger partial charge in [-0.2, -0.15) is 4.31 Å². The Bertz CT molecular complexity index is 978. The van der Waals surface area contributed by atoms with Gasteiger partial charge in [0.05, 0.1) is 28.8 Å². The van der Waals surface area contributed by atoms with Crippen molar-refractivity contribution in [2.75, 3.05) is 44.5 Å². The van der Waals surface area contributed by atoms with E-state index >= 15 is 0 Å². The van der Waals surface area contributed by atoms with Gasteiger partial charge in [0.1, 0.15) is 5.75 Å². The van der Waals surface area contributed by atoms with Crippen molar-refractivity contribution in [3.05, 3.63) is 47.5 Å². The zero-order valence-electron chi connectivity index (χ0n) is 15.8. The number of halogens is 1. The minimum atomic E-state index is -3.65. The molecule has 0 saturated carbocycles. The summed E-state index contributed by atoms with van der Waals surface area (Å²) < 4.78 is 37.4. The zero-order valence-corrected chi connectivity index (χ0v) is 18.1. The molecule has 0 atom stereocenters. The Hall–Kier alpha value is -1.78. The quantitative estimate of drug-likeness (QED) is 0.644. The van der Waals surface area contributed by atoms with Crippen LogP contribution in [0.25, 0.3) is 0 Å². The second-order valence-corrected chi connectivity index (χ2v) is 9.34. The number of benzene rings is 2. The number of sulfonamides is 1. The molecule has 1 heterocycles. The minimum absolute atomic E-state index is 0.0788. The number of para-hydroxylation sites is 1. The Labute approximate surface area is 179 Å². The molecule has 1 aliphatic heterocycles. The smallest absolute Gasteiger partial charge is 0.262 e. The van der Waals surface area contributed by atoms with Crippen molar-refractivity contribution in [2.24, 2.45) is 0 Å². The number of carbonyl (C=O) groups excluding carboxylic acids is 1. The number of thioether (sulfide) groups is 1. The normalized spacial score (nSPS) is 15.1. The maximum Gasteiger partial charge on any atom is 0.262 e. The monoisotopic (exact) mass is 456 g/mol. The summed E-state index contributed by atoms with van der Waals surface area (Å²) in [5.74, 6) is -0.103. The highest BCUT2D eigenvalue weighted by Crippen LogP contribution is 2.29. The van der Waals surface area contributed by atoms with E-state index in [9.17, 15) is 13.2 Å². The highest BCUT2D eigenvalue weighted by atomic mass is 35.5. The number of hydrogen-bond donors (Lipinski definition) is 1. The number of amides is 1. The molecule has 0 radical (unpaired) electrons. The van der Waals surface area contributed by atoms with Gasteiger partial charge in [0.15, 0.2) is 6.61 Å². The largest absolute Gasteiger partial charge is 0.482 e. The molecule has 2 aromatic rings. The van der Waals surface area contributed by atoms with Gasteiger partial charge in [0.25, 0.3) is 5.91 Å². The Morgan fingerprint density at radius 3 is 2.66 bits per heavy atom. The van der Waals surface area contributed by atoms with Crippen LogP contribution in [0.2, 0.25) is 5.02 Å². The van der Waals surface area contributed by atoms with Crippen LogP contribution in [-0.4, -0.2) is 57.8 Å². The van der Waals surface area contributed by atoms with Crippen LogP contribution in [0.1, 0.15) is 0 Å². The van der Waals surface area contributed by atoms with Crippen LogP contribution in [0.15, 0.2) is 52.3 Å². The number of morpholine rings is 1. The molecule has 1 N–H and O–H groups in total. The first-order valence-corrected chi connectivity index (χ1v) is 11.9. The highest BCUT2D eigenvalue weighted by molar-refractivity contribution is 7.98. The molecule has 1 fully saturated rings. The van der Waals surface area contributed by atoms with Gasteiger partial charge in [-0.25, -0.2) is 8.42 Å². The van der Waals surface area contributed by atoms with Crippen LogP contribution in [0.3, 0.4) is 0 Å². The summed E-state index contributed by atoms with van der Waals surface area (Å²) in [7, 11) is -3.65. The van der Waals surface area contributed by atoms with E-state index in [1.807, 2.05) is 30.5 Å². The number of nitrogens with zero attached hydrogens (tertiary/aromatic N) is 1. The van der Waals surface area contributed by atoms with E-state index in [0.717, 1.165) is 4.90 Å². The van der Waals surface area contributed by atoms with Gasteiger partial charge < -0.3 is 14.8 Å². The lowest BCUT2D eigenvalue weighted by molar-refractivity contribution is -0.118. The van der Waals surface area contributed by atoms with Crippen LogP contribution < -0.4 is 10.1 Å². The molecule has 0 aromatic heterocycles. The van der Waals surface area contributed by atoms with Crippen LogP contribution in [0, 0.1) is 0 Å². The van der Waals surface area contributed by atoms with E-state index in [0.29, 0.717) is 32.0 Å². The van der Waals surface area contributed by atoms with Gasteiger partial charge in [-0.05, 0) is 36.6 Å². The number of anilines is 1. The van der Waals surface area contributed by atoms with Crippen LogP contribution in [0.5, 0.6) is 5.75 Å². The number of hydrogen-bond acceptors (Lipinski definition) is 6. The predicted molar refractivity (Wildman–Crippen MR) is 113 cm³/mol. The van der Waals surface area contributed by atoms with Crippen LogP contribution in [-0.2, 0) is 19.6 Å². The molecule has 0 aliphatic carbocycles. The summed E-state index contributed by atoms with van der Waals surface area (Å²) in [4.78, 5) is 13.2. The SMILES string of the molecule is CSc1ccccc1NC(=O)COc1ccc(S(=O)(=O)N2CCOCC2)cc1Cl. The standard InChI is InChI=1S/C19H21ClN2O5S2/c1-28-18-5-3-2-4-16(18)21-19(23)13-27-17-7-6-14(12-15(17)20)29(24,25)22-8-10-26-11-9-22/h2-7,12H,8-11,13H2,1H3,(H,21,23). The molecule has 3 rings (SSSR count). The van der Waals surface area contributed by atoms with Gasteiger partial charge >= 0.3 is 0 Å². The maximum atomic E-state index is 12.7. The lowest BCUT2D eigenvalue weighted by Gasteiger charge is -2.26. The topological polar surface area (TPSA) is 84.9 Å². The first-order chi connectivity index (χ1) is 13.9. The summed E-state index contributed by atoms with van der Waals surface area (Å²) in [6.07, 6.45) is 1.92. The first-order valence-electron chi connectivity index (χ1n) is 8.85. The zero-order chi connectivity index (χ0) is 20.9. The molecular formula is C19H21ClN2O5S2. The summed E-state index contributed by atoms with van der Waals surface area (Å²) >= 11 is 7.72. The first kappa shape index (κ1) is 21.9. The fourth-order valence-corrected chi connectivity index (χ4v) is 5.06. The fourth-order valence-electron chi connectivity index (χ4n) is 2.77. The average Bonchev–Trinajstić information content (AvgIpc) is 2.73. The third-order valence-corrected chi connectivity index (χ3v) is 7.24. The highest BCUT2D eigenvalue weighted by Gasteiger charge is 2.27. The second kappa shape index (κ2) is 9.82. The van der Waals surface area contributed by atoms with Crippen LogP contribution in [0.4, 0.5) is 5.69 Å².